The van der Waals surface area contributed by atoms with Crippen LogP contribution in [0.4, 0.5) is 17.1 Å². The summed E-state index contributed by atoms with van der Waals surface area (Å²) in [6.07, 6.45) is 0. The Bertz CT molecular complexity index is 3920. The molecule has 3 heteroatoms. The van der Waals surface area contributed by atoms with Crippen molar-refractivity contribution in [1.29, 1.82) is 0 Å². The molecule has 0 saturated carbocycles. The zero-order chi connectivity index (χ0) is 44.3. The van der Waals surface area contributed by atoms with Gasteiger partial charge in [0.25, 0.3) is 0 Å². The summed E-state index contributed by atoms with van der Waals surface area (Å²) in [6, 6.07) is 91.9. The summed E-state index contributed by atoms with van der Waals surface area (Å²) in [5, 5.41) is 7.02. The minimum absolute atomic E-state index is 0.883. The van der Waals surface area contributed by atoms with Gasteiger partial charge in [-0.05, 0) is 112 Å². The third-order valence-electron chi connectivity index (χ3n) is 13.4. The zero-order valence-electron chi connectivity index (χ0n) is 36.6. The molecule has 0 spiro atoms. The maximum absolute atomic E-state index is 6.56. The summed E-state index contributed by atoms with van der Waals surface area (Å²) in [5.74, 6) is 0. The largest absolute Gasteiger partial charge is 0.455 e. The molecule has 0 aliphatic heterocycles. The van der Waals surface area contributed by atoms with Crippen molar-refractivity contribution in [3.63, 3.8) is 0 Å². The molecule has 0 radical (unpaired) electrons. The number of hydrogen-bond acceptors (Lipinski definition) is 2. The number of anilines is 3. The Kier molecular flexibility index (Phi) is 9.17. The highest BCUT2D eigenvalue weighted by atomic mass is 16.3. The molecule has 0 bridgehead atoms. The topological polar surface area (TPSA) is 21.3 Å². The average molecular weight is 855 g/mol. The van der Waals surface area contributed by atoms with Crippen LogP contribution in [0, 0.1) is 0 Å². The summed E-state index contributed by atoms with van der Waals surface area (Å²) in [5.41, 5.74) is 17.9. The molecule has 0 N–H and O–H groups in total. The van der Waals surface area contributed by atoms with E-state index in [-0.39, 0.29) is 0 Å². The zero-order valence-corrected chi connectivity index (χ0v) is 36.6. The Morgan fingerprint density at radius 2 is 0.866 bits per heavy atom. The first-order chi connectivity index (χ1) is 33.2. The molecule has 0 atom stereocenters. The van der Waals surface area contributed by atoms with E-state index in [4.69, 9.17) is 4.42 Å². The quantitative estimate of drug-likeness (QED) is 0.152. The third kappa shape index (κ3) is 6.59. The molecule has 0 saturated heterocycles. The SMILES string of the molecule is c1ccc(-c2cccc(-c3ccc(N(c4ccc(-c5ccccc5-n5c6ccccc6c6ccccc65)cc4)c4ccccc4-c4ccc5oc6c7ccccc7ccc6c5c4)cc3)c2)cc1. The van der Waals surface area contributed by atoms with Crippen molar-refractivity contribution in [2.45, 2.75) is 0 Å². The van der Waals surface area contributed by atoms with Crippen molar-refractivity contribution in [2.24, 2.45) is 0 Å². The van der Waals surface area contributed by atoms with Crippen LogP contribution < -0.4 is 4.90 Å². The van der Waals surface area contributed by atoms with Crippen molar-refractivity contribution >= 4 is 71.6 Å². The Morgan fingerprint density at radius 1 is 0.313 bits per heavy atom. The van der Waals surface area contributed by atoms with Crippen LogP contribution in [0.2, 0.25) is 0 Å². The average Bonchev–Trinajstić information content (AvgIpc) is 3.95. The Labute approximate surface area is 388 Å². The molecule has 314 valence electrons. The summed E-state index contributed by atoms with van der Waals surface area (Å²) in [7, 11) is 0. The van der Waals surface area contributed by atoms with Crippen LogP contribution in [-0.2, 0) is 0 Å². The Balaban J connectivity index is 0.943. The molecule has 2 heterocycles. The normalized spacial score (nSPS) is 11.6. The van der Waals surface area contributed by atoms with Crippen LogP contribution >= 0.6 is 0 Å². The van der Waals surface area contributed by atoms with E-state index in [9.17, 15) is 0 Å². The van der Waals surface area contributed by atoms with Gasteiger partial charge in [0.1, 0.15) is 11.2 Å². The van der Waals surface area contributed by atoms with E-state index in [0.29, 0.717) is 0 Å². The number of fused-ring (bicyclic) bond motifs is 8. The van der Waals surface area contributed by atoms with Gasteiger partial charge in [-0.15, -0.1) is 0 Å². The fraction of sp³-hybridized carbons (Fsp3) is 0. The molecule has 3 nitrogen and oxygen atoms in total. The Morgan fingerprint density at radius 3 is 1.60 bits per heavy atom. The number of furan rings is 1. The lowest BCUT2D eigenvalue weighted by atomic mass is 9.97. The Hall–Kier alpha value is -8.92. The molecule has 0 fully saturated rings. The van der Waals surface area contributed by atoms with E-state index in [1.807, 2.05) is 0 Å². The molecule has 13 aromatic rings. The number of hydrogen-bond donors (Lipinski definition) is 0. The predicted octanol–water partition coefficient (Wildman–Crippen LogP) is 18.0. The summed E-state index contributed by atoms with van der Waals surface area (Å²) in [4.78, 5) is 2.40. The summed E-state index contributed by atoms with van der Waals surface area (Å²) < 4.78 is 8.98. The fourth-order valence-electron chi connectivity index (χ4n) is 10.2. The molecule has 11 aromatic carbocycles. The van der Waals surface area contributed by atoms with Crippen molar-refractivity contribution in [1.82, 2.24) is 4.57 Å². The van der Waals surface area contributed by atoms with Crippen LogP contribution in [0.5, 0.6) is 0 Å². The maximum Gasteiger partial charge on any atom is 0.143 e. The first-order valence-electron chi connectivity index (χ1n) is 22.9. The molecular formula is C64H42N2O. The van der Waals surface area contributed by atoms with Crippen LogP contribution in [0.25, 0.3) is 105 Å². The van der Waals surface area contributed by atoms with Gasteiger partial charge in [0.05, 0.1) is 22.4 Å². The van der Waals surface area contributed by atoms with Gasteiger partial charge in [-0.3, -0.25) is 0 Å². The first kappa shape index (κ1) is 38.5. The molecule has 2 aromatic heterocycles. The highest BCUT2D eigenvalue weighted by Crippen LogP contribution is 2.45. The van der Waals surface area contributed by atoms with Crippen LogP contribution in [-0.4, -0.2) is 4.57 Å². The number of aromatic nitrogens is 1. The molecule has 0 aliphatic carbocycles. The van der Waals surface area contributed by atoms with Crippen LogP contribution in [0.3, 0.4) is 0 Å². The van der Waals surface area contributed by atoms with Gasteiger partial charge < -0.3 is 13.9 Å². The minimum Gasteiger partial charge on any atom is -0.455 e. The lowest BCUT2D eigenvalue weighted by Gasteiger charge is -2.28. The first-order valence-corrected chi connectivity index (χ1v) is 22.9. The second kappa shape index (κ2) is 16.0. The van der Waals surface area contributed by atoms with E-state index in [1.165, 1.54) is 49.4 Å². The van der Waals surface area contributed by atoms with Crippen molar-refractivity contribution in [3.8, 4) is 50.2 Å². The van der Waals surface area contributed by atoms with E-state index in [0.717, 1.165) is 72.3 Å². The smallest absolute Gasteiger partial charge is 0.143 e. The van der Waals surface area contributed by atoms with E-state index >= 15 is 0 Å². The number of nitrogens with zero attached hydrogens (tertiary/aromatic N) is 2. The van der Waals surface area contributed by atoms with Gasteiger partial charge in [0, 0.05) is 49.4 Å². The minimum atomic E-state index is 0.883. The van der Waals surface area contributed by atoms with Gasteiger partial charge in [-0.1, -0.05) is 182 Å². The van der Waals surface area contributed by atoms with Gasteiger partial charge in [-0.2, -0.15) is 0 Å². The van der Waals surface area contributed by atoms with Gasteiger partial charge in [0.15, 0.2) is 0 Å². The van der Waals surface area contributed by atoms with Crippen LogP contribution in [0.1, 0.15) is 0 Å². The number of para-hydroxylation sites is 4. The van der Waals surface area contributed by atoms with Crippen molar-refractivity contribution < 1.29 is 4.42 Å². The lowest BCUT2D eigenvalue weighted by Crippen LogP contribution is -2.11. The monoisotopic (exact) mass is 854 g/mol. The summed E-state index contributed by atoms with van der Waals surface area (Å²) in [6.45, 7) is 0. The lowest BCUT2D eigenvalue weighted by molar-refractivity contribution is 0.672. The predicted molar refractivity (Wildman–Crippen MR) is 282 cm³/mol. The molecular weight excluding hydrogens is 813 g/mol. The van der Waals surface area contributed by atoms with Crippen molar-refractivity contribution in [2.75, 3.05) is 4.90 Å². The number of rotatable bonds is 8. The highest BCUT2D eigenvalue weighted by molar-refractivity contribution is 6.16. The molecule has 13 rings (SSSR count). The third-order valence-corrected chi connectivity index (χ3v) is 13.4. The van der Waals surface area contributed by atoms with Crippen LogP contribution in [0.15, 0.2) is 259 Å². The second-order valence-corrected chi connectivity index (χ2v) is 17.3. The van der Waals surface area contributed by atoms with Gasteiger partial charge in [0.2, 0.25) is 0 Å². The van der Waals surface area contributed by atoms with Gasteiger partial charge >= 0.3 is 0 Å². The van der Waals surface area contributed by atoms with E-state index in [1.54, 1.807) is 0 Å². The van der Waals surface area contributed by atoms with Gasteiger partial charge in [-0.25, -0.2) is 0 Å². The van der Waals surface area contributed by atoms with E-state index < -0.39 is 0 Å². The molecule has 67 heavy (non-hydrogen) atoms. The number of benzene rings is 11. The molecule has 0 aliphatic rings. The molecule has 0 amide bonds. The second-order valence-electron chi connectivity index (χ2n) is 17.3. The standard InChI is InChI=1S/C64H42N2O/c1-2-15-43(16-3-1)47-18-14-19-48(41-47)44-29-35-50(36-30-44)65(59-25-10-7-21-53(59)49-34-40-63-58(42-49)57-39-33-45-17-4-5-22-54(45)64(57)67-63)51-37-31-46(32-38-51)52-20-6-11-26-60(52)66-61-27-12-8-23-55(61)56-24-9-13-28-62(56)66/h1-42H. The molecule has 0 unspecified atom stereocenters. The van der Waals surface area contributed by atoms with E-state index in [2.05, 4.69) is 264 Å². The fourth-order valence-corrected chi connectivity index (χ4v) is 10.2. The maximum atomic E-state index is 6.56. The summed E-state index contributed by atoms with van der Waals surface area (Å²) >= 11 is 0. The van der Waals surface area contributed by atoms with Crippen molar-refractivity contribution in [3.05, 3.63) is 255 Å². The highest BCUT2D eigenvalue weighted by Gasteiger charge is 2.21.